The smallest absolute Gasteiger partial charge is 0.414 e. The average molecular weight is 421 g/mol. The van der Waals surface area contributed by atoms with E-state index in [-0.39, 0.29) is 24.9 Å². The lowest BCUT2D eigenvalue weighted by Crippen LogP contribution is -2.35. The lowest BCUT2D eigenvalue weighted by atomic mass is 10.0. The molecule has 1 atom stereocenters. The summed E-state index contributed by atoms with van der Waals surface area (Å²) in [4.78, 5) is 26.7. The maximum absolute atomic E-state index is 14.8. The van der Waals surface area contributed by atoms with Gasteiger partial charge in [-0.05, 0) is 31.0 Å². The normalized spacial score (nSPS) is 19.0. The van der Waals surface area contributed by atoms with Crippen molar-refractivity contribution < 1.29 is 18.7 Å². The largest absolute Gasteiger partial charge is 0.442 e. The molecule has 0 radical (unpaired) electrons. The first-order valence-electron chi connectivity index (χ1n) is 9.42. The zero-order valence-corrected chi connectivity index (χ0v) is 16.6. The molecule has 2 amide bonds. The second-order valence-electron chi connectivity index (χ2n) is 6.90. The van der Waals surface area contributed by atoms with Gasteiger partial charge in [0.05, 0.1) is 37.0 Å². The molecule has 29 heavy (non-hydrogen) atoms. The highest BCUT2D eigenvalue weighted by molar-refractivity contribution is 6.27. The monoisotopic (exact) mass is 420 g/mol. The zero-order valence-electron chi connectivity index (χ0n) is 15.9. The van der Waals surface area contributed by atoms with Gasteiger partial charge in [-0.1, -0.05) is 11.6 Å². The highest BCUT2D eigenvalue weighted by atomic mass is 35.5. The van der Waals surface area contributed by atoms with Gasteiger partial charge in [0.15, 0.2) is 0 Å². The standard InChI is InChI=1S/C20H22ClFN4O3/c21-11-19(27)24-12-16-13-26(20(28)29-16)15-3-4-18(17(22)10-15)25-8-5-14(6-9-25)2-1-7-23/h2-4,10,16H,1,5-6,8-9,11-13H2,(H,24,27). The van der Waals surface area contributed by atoms with Crippen molar-refractivity contribution in [3.8, 4) is 6.07 Å². The number of alkyl halides is 1. The number of ether oxygens (including phenoxy) is 1. The minimum absolute atomic E-state index is 0.157. The van der Waals surface area contributed by atoms with Gasteiger partial charge in [-0.25, -0.2) is 9.18 Å². The highest BCUT2D eigenvalue weighted by Crippen LogP contribution is 2.30. The number of carbonyl (C=O) groups excluding carboxylic acids is 2. The predicted octanol–water partition coefficient (Wildman–Crippen LogP) is 2.95. The number of cyclic esters (lactones) is 1. The van der Waals surface area contributed by atoms with Gasteiger partial charge in [-0.2, -0.15) is 5.26 Å². The fraction of sp³-hybridized carbons (Fsp3) is 0.450. The van der Waals surface area contributed by atoms with Crippen molar-refractivity contribution in [1.29, 1.82) is 5.26 Å². The summed E-state index contributed by atoms with van der Waals surface area (Å²) in [6.07, 6.45) is 2.86. The van der Waals surface area contributed by atoms with E-state index in [0.717, 1.165) is 12.8 Å². The van der Waals surface area contributed by atoms with Crippen molar-refractivity contribution in [1.82, 2.24) is 5.32 Å². The maximum atomic E-state index is 14.8. The fourth-order valence-corrected chi connectivity index (χ4v) is 3.56. The number of nitriles is 1. The summed E-state index contributed by atoms with van der Waals surface area (Å²) in [6.45, 7) is 1.74. The number of amides is 2. The van der Waals surface area contributed by atoms with Crippen LogP contribution in [0.15, 0.2) is 29.8 Å². The molecule has 0 bridgehead atoms. The van der Waals surface area contributed by atoms with Crippen LogP contribution >= 0.6 is 11.6 Å². The van der Waals surface area contributed by atoms with Crippen LogP contribution in [0.25, 0.3) is 0 Å². The highest BCUT2D eigenvalue weighted by Gasteiger charge is 2.33. The maximum Gasteiger partial charge on any atom is 0.414 e. The van der Waals surface area contributed by atoms with E-state index in [2.05, 4.69) is 11.4 Å². The molecule has 1 aromatic carbocycles. The number of piperidine rings is 1. The van der Waals surface area contributed by atoms with E-state index in [0.29, 0.717) is 30.9 Å². The Hall–Kier alpha value is -2.79. The Morgan fingerprint density at radius 3 is 2.83 bits per heavy atom. The van der Waals surface area contributed by atoms with Crippen LogP contribution in [0, 0.1) is 17.1 Å². The number of anilines is 2. The molecule has 0 aliphatic carbocycles. The summed E-state index contributed by atoms with van der Waals surface area (Å²) in [6, 6.07) is 6.80. The number of allylic oxidation sites excluding steroid dienone is 1. The molecule has 0 spiro atoms. The molecule has 1 aromatic rings. The van der Waals surface area contributed by atoms with E-state index < -0.39 is 18.0 Å². The molecular weight excluding hydrogens is 399 g/mol. The molecule has 154 valence electrons. The summed E-state index contributed by atoms with van der Waals surface area (Å²) < 4.78 is 20.0. The molecule has 0 aromatic heterocycles. The molecule has 7 nitrogen and oxygen atoms in total. The molecule has 2 fully saturated rings. The first-order valence-corrected chi connectivity index (χ1v) is 9.95. The number of halogens is 2. The van der Waals surface area contributed by atoms with E-state index in [1.807, 2.05) is 11.0 Å². The topological polar surface area (TPSA) is 85.7 Å². The fourth-order valence-electron chi connectivity index (χ4n) is 3.46. The second-order valence-corrected chi connectivity index (χ2v) is 7.17. The van der Waals surface area contributed by atoms with Crippen LogP contribution in [0.4, 0.5) is 20.6 Å². The summed E-state index contributed by atoms with van der Waals surface area (Å²) in [5.41, 5.74) is 2.13. The van der Waals surface area contributed by atoms with Gasteiger partial charge in [-0.15, -0.1) is 11.6 Å². The minimum Gasteiger partial charge on any atom is -0.442 e. The van der Waals surface area contributed by atoms with Crippen molar-refractivity contribution in [2.24, 2.45) is 0 Å². The zero-order chi connectivity index (χ0) is 20.8. The quantitative estimate of drug-likeness (QED) is 0.565. The Balaban J connectivity index is 1.62. The van der Waals surface area contributed by atoms with Gasteiger partial charge < -0.3 is 15.0 Å². The van der Waals surface area contributed by atoms with Crippen LogP contribution in [0.2, 0.25) is 0 Å². The molecule has 0 saturated carbocycles. The lowest BCUT2D eigenvalue weighted by molar-refractivity contribution is -0.119. The van der Waals surface area contributed by atoms with Gasteiger partial charge >= 0.3 is 6.09 Å². The van der Waals surface area contributed by atoms with Crippen LogP contribution in [0.5, 0.6) is 0 Å². The number of benzene rings is 1. The Bertz CT molecular complexity index is 845. The Morgan fingerprint density at radius 1 is 1.41 bits per heavy atom. The first-order chi connectivity index (χ1) is 14.0. The summed E-state index contributed by atoms with van der Waals surface area (Å²) in [5.74, 6) is -0.911. The van der Waals surface area contributed by atoms with Gasteiger partial charge in [0.2, 0.25) is 5.91 Å². The summed E-state index contributed by atoms with van der Waals surface area (Å²) >= 11 is 5.43. The molecule has 2 aliphatic heterocycles. The van der Waals surface area contributed by atoms with Crippen LogP contribution in [-0.2, 0) is 9.53 Å². The Morgan fingerprint density at radius 2 is 2.17 bits per heavy atom. The second kappa shape index (κ2) is 9.61. The van der Waals surface area contributed by atoms with Gasteiger partial charge in [0.1, 0.15) is 17.8 Å². The molecular formula is C20H22ClFN4O3. The molecule has 2 saturated heterocycles. The number of nitrogens with one attached hydrogen (secondary N) is 1. The predicted molar refractivity (Wildman–Crippen MR) is 108 cm³/mol. The average Bonchev–Trinajstić information content (AvgIpc) is 3.11. The van der Waals surface area contributed by atoms with Crippen LogP contribution < -0.4 is 15.1 Å². The Labute approximate surface area is 173 Å². The van der Waals surface area contributed by atoms with Crippen molar-refractivity contribution in [2.45, 2.75) is 25.4 Å². The summed E-state index contributed by atoms with van der Waals surface area (Å²) in [7, 11) is 0. The van der Waals surface area contributed by atoms with Crippen LogP contribution in [-0.4, -0.2) is 50.2 Å². The molecule has 1 unspecified atom stereocenters. The van der Waals surface area contributed by atoms with Crippen LogP contribution in [0.1, 0.15) is 19.3 Å². The van der Waals surface area contributed by atoms with Gasteiger partial charge in [0, 0.05) is 13.1 Å². The number of hydrogen-bond donors (Lipinski definition) is 1. The van der Waals surface area contributed by atoms with Crippen LogP contribution in [0.3, 0.4) is 0 Å². The van der Waals surface area contributed by atoms with Crippen molar-refractivity contribution in [3.63, 3.8) is 0 Å². The molecule has 3 rings (SSSR count). The summed E-state index contributed by atoms with van der Waals surface area (Å²) in [5, 5.41) is 11.2. The number of carbonyl (C=O) groups is 2. The van der Waals surface area contributed by atoms with Gasteiger partial charge in [0.25, 0.3) is 0 Å². The molecule has 2 heterocycles. The van der Waals surface area contributed by atoms with E-state index in [1.54, 1.807) is 12.1 Å². The first kappa shape index (κ1) is 20.9. The third-order valence-corrected chi connectivity index (χ3v) is 5.24. The van der Waals surface area contributed by atoms with Gasteiger partial charge in [-0.3, -0.25) is 9.69 Å². The van der Waals surface area contributed by atoms with E-state index in [9.17, 15) is 14.0 Å². The SMILES string of the molecule is N#CCC=C1CCN(c2ccc(N3CC(CNC(=O)CCl)OC3=O)cc2F)CC1. The molecule has 2 aliphatic rings. The number of rotatable bonds is 6. The van der Waals surface area contributed by atoms with Crippen molar-refractivity contribution in [2.75, 3.05) is 41.9 Å². The minimum atomic E-state index is -0.576. The van der Waals surface area contributed by atoms with E-state index in [4.69, 9.17) is 21.6 Å². The van der Waals surface area contributed by atoms with Crippen molar-refractivity contribution >= 4 is 35.0 Å². The number of hydrogen-bond acceptors (Lipinski definition) is 5. The van der Waals surface area contributed by atoms with Crippen molar-refractivity contribution in [3.05, 3.63) is 35.7 Å². The van der Waals surface area contributed by atoms with E-state index >= 15 is 0 Å². The molecule has 9 heteroatoms. The lowest BCUT2D eigenvalue weighted by Gasteiger charge is -2.31. The molecule has 1 N–H and O–H groups in total. The van der Waals surface area contributed by atoms with E-state index in [1.165, 1.54) is 16.5 Å². The number of nitrogens with zero attached hydrogens (tertiary/aromatic N) is 3. The third kappa shape index (κ3) is 5.18. The third-order valence-electron chi connectivity index (χ3n) is 4.99. The Kier molecular flexibility index (Phi) is 6.94.